The highest BCUT2D eigenvalue weighted by Gasteiger charge is 2.20. The normalized spacial score (nSPS) is 11.4. The minimum absolute atomic E-state index is 0.0304. The average molecular weight is 369 g/mol. The van der Waals surface area contributed by atoms with Gasteiger partial charge in [0.2, 0.25) is 0 Å². The number of nitrogens with zero attached hydrogens (tertiary/aromatic N) is 3. The third kappa shape index (κ3) is 3.47. The zero-order valence-corrected chi connectivity index (χ0v) is 16.1. The lowest BCUT2D eigenvalue weighted by atomic mass is 9.98. The molecule has 0 radical (unpaired) electrons. The van der Waals surface area contributed by atoms with Crippen LogP contribution in [0.3, 0.4) is 0 Å². The van der Waals surface area contributed by atoms with Gasteiger partial charge in [-0.3, -0.25) is 9.69 Å². The van der Waals surface area contributed by atoms with Crippen molar-refractivity contribution in [1.82, 2.24) is 14.7 Å². The molecule has 0 spiro atoms. The van der Waals surface area contributed by atoms with Crippen LogP contribution in [0.2, 0.25) is 0 Å². The predicted octanol–water partition coefficient (Wildman–Crippen LogP) is 4.38. The van der Waals surface area contributed by atoms with E-state index < -0.39 is 0 Å². The summed E-state index contributed by atoms with van der Waals surface area (Å²) in [6.07, 6.45) is 0. The van der Waals surface area contributed by atoms with Gasteiger partial charge in [0.05, 0.1) is 23.8 Å². The Labute approximate surface area is 164 Å². The molecule has 0 bridgehead atoms. The quantitative estimate of drug-likeness (QED) is 0.524. The highest BCUT2D eigenvalue weighted by atomic mass is 16.1. The molecule has 140 valence electrons. The van der Waals surface area contributed by atoms with Crippen molar-refractivity contribution in [3.8, 4) is 0 Å². The van der Waals surface area contributed by atoms with E-state index in [1.165, 1.54) is 11.1 Å². The van der Waals surface area contributed by atoms with Crippen molar-refractivity contribution in [2.24, 2.45) is 0 Å². The lowest BCUT2D eigenvalue weighted by Crippen LogP contribution is -2.35. The Morgan fingerprint density at radius 3 is 1.89 bits per heavy atom. The van der Waals surface area contributed by atoms with Crippen LogP contribution in [0.25, 0.3) is 10.8 Å². The van der Waals surface area contributed by atoms with E-state index in [0.717, 1.165) is 11.1 Å². The standard InChI is InChI=1S/C24H23N3O/c1-18-21-15-9-10-16-22(21)24(28)27(25-18)17-26(2)23(19-11-5-3-6-12-19)20-13-7-4-8-14-20/h3-16,23H,17H2,1-2H3. The number of hydrogen-bond donors (Lipinski definition) is 0. The van der Waals surface area contributed by atoms with E-state index in [4.69, 9.17) is 0 Å². The Kier molecular flexibility index (Phi) is 5.04. The van der Waals surface area contributed by atoms with Gasteiger partial charge in [0.25, 0.3) is 5.56 Å². The Balaban J connectivity index is 1.75. The first kappa shape index (κ1) is 18.1. The minimum Gasteiger partial charge on any atom is -0.276 e. The molecule has 0 saturated heterocycles. The molecule has 4 nitrogen and oxygen atoms in total. The molecule has 28 heavy (non-hydrogen) atoms. The van der Waals surface area contributed by atoms with Crippen molar-refractivity contribution in [2.45, 2.75) is 19.6 Å². The summed E-state index contributed by atoms with van der Waals surface area (Å²) in [7, 11) is 2.03. The second-order valence-corrected chi connectivity index (χ2v) is 7.06. The molecule has 4 rings (SSSR count). The van der Waals surface area contributed by atoms with Crippen LogP contribution in [-0.2, 0) is 6.67 Å². The SMILES string of the molecule is Cc1nn(CN(C)C(c2ccccc2)c2ccccc2)c(=O)c2ccccc12. The molecular formula is C24H23N3O. The van der Waals surface area contributed by atoms with Gasteiger partial charge in [0, 0.05) is 5.39 Å². The molecule has 0 saturated carbocycles. The lowest BCUT2D eigenvalue weighted by molar-refractivity contribution is 0.205. The van der Waals surface area contributed by atoms with E-state index in [1.54, 1.807) is 4.68 Å². The Bertz CT molecular complexity index is 1100. The monoisotopic (exact) mass is 369 g/mol. The smallest absolute Gasteiger partial charge is 0.275 e. The van der Waals surface area contributed by atoms with Crippen LogP contribution in [0, 0.1) is 6.92 Å². The number of rotatable bonds is 5. The number of hydrogen-bond acceptors (Lipinski definition) is 3. The molecule has 0 N–H and O–H groups in total. The van der Waals surface area contributed by atoms with E-state index >= 15 is 0 Å². The number of aromatic nitrogens is 2. The molecule has 1 aromatic heterocycles. The first-order chi connectivity index (χ1) is 13.6. The van der Waals surface area contributed by atoms with Gasteiger partial charge in [-0.1, -0.05) is 78.9 Å². The fourth-order valence-electron chi connectivity index (χ4n) is 3.77. The zero-order chi connectivity index (χ0) is 19.5. The van der Waals surface area contributed by atoms with Crippen molar-refractivity contribution >= 4 is 10.8 Å². The zero-order valence-electron chi connectivity index (χ0n) is 16.1. The number of aryl methyl sites for hydroxylation is 1. The average Bonchev–Trinajstić information content (AvgIpc) is 2.74. The maximum absolute atomic E-state index is 13.0. The summed E-state index contributed by atoms with van der Waals surface area (Å²) in [6, 6.07) is 28.4. The second kappa shape index (κ2) is 7.79. The predicted molar refractivity (Wildman–Crippen MR) is 113 cm³/mol. The van der Waals surface area contributed by atoms with Gasteiger partial charge >= 0.3 is 0 Å². The van der Waals surface area contributed by atoms with Gasteiger partial charge in [-0.05, 0) is 31.2 Å². The molecule has 0 aliphatic carbocycles. The molecule has 3 aromatic carbocycles. The first-order valence-corrected chi connectivity index (χ1v) is 9.42. The fourth-order valence-corrected chi connectivity index (χ4v) is 3.77. The van der Waals surface area contributed by atoms with Crippen LogP contribution in [0.15, 0.2) is 89.7 Å². The van der Waals surface area contributed by atoms with Gasteiger partial charge in [0.15, 0.2) is 0 Å². The number of benzene rings is 3. The molecule has 4 heteroatoms. The van der Waals surface area contributed by atoms with Crippen molar-refractivity contribution < 1.29 is 0 Å². The highest BCUT2D eigenvalue weighted by Crippen LogP contribution is 2.27. The van der Waals surface area contributed by atoms with E-state index in [2.05, 4.69) is 34.3 Å². The van der Waals surface area contributed by atoms with E-state index in [-0.39, 0.29) is 11.6 Å². The van der Waals surface area contributed by atoms with Crippen LogP contribution in [0.1, 0.15) is 22.9 Å². The highest BCUT2D eigenvalue weighted by molar-refractivity contribution is 5.83. The summed E-state index contributed by atoms with van der Waals surface area (Å²) in [5, 5.41) is 6.19. The summed E-state index contributed by atoms with van der Waals surface area (Å²) >= 11 is 0. The van der Waals surface area contributed by atoms with E-state index in [0.29, 0.717) is 12.1 Å². The topological polar surface area (TPSA) is 38.1 Å². The lowest BCUT2D eigenvalue weighted by Gasteiger charge is -2.29. The Morgan fingerprint density at radius 1 is 0.821 bits per heavy atom. The van der Waals surface area contributed by atoms with Crippen LogP contribution in [0.4, 0.5) is 0 Å². The van der Waals surface area contributed by atoms with Crippen molar-refractivity contribution in [2.75, 3.05) is 7.05 Å². The molecule has 4 aromatic rings. The molecule has 0 unspecified atom stereocenters. The molecule has 0 aliphatic heterocycles. The summed E-state index contributed by atoms with van der Waals surface area (Å²) in [4.78, 5) is 15.1. The van der Waals surface area contributed by atoms with Crippen LogP contribution >= 0.6 is 0 Å². The fraction of sp³-hybridized carbons (Fsp3) is 0.167. The molecule has 1 heterocycles. The van der Waals surface area contributed by atoms with Gasteiger partial charge in [-0.25, -0.2) is 4.68 Å². The van der Waals surface area contributed by atoms with Crippen molar-refractivity contribution in [3.05, 3.63) is 112 Å². The Hall–Kier alpha value is -3.24. The van der Waals surface area contributed by atoms with E-state index in [1.807, 2.05) is 74.6 Å². The van der Waals surface area contributed by atoms with E-state index in [9.17, 15) is 4.79 Å². The maximum Gasteiger partial charge on any atom is 0.275 e. The number of fused-ring (bicyclic) bond motifs is 1. The summed E-state index contributed by atoms with van der Waals surface area (Å²) in [5.41, 5.74) is 3.16. The van der Waals surface area contributed by atoms with Crippen LogP contribution < -0.4 is 5.56 Å². The first-order valence-electron chi connectivity index (χ1n) is 9.42. The molecule has 0 amide bonds. The van der Waals surface area contributed by atoms with Crippen LogP contribution in [0.5, 0.6) is 0 Å². The second-order valence-electron chi connectivity index (χ2n) is 7.06. The van der Waals surface area contributed by atoms with Crippen molar-refractivity contribution in [1.29, 1.82) is 0 Å². The summed E-state index contributed by atoms with van der Waals surface area (Å²) < 4.78 is 1.57. The van der Waals surface area contributed by atoms with Gasteiger partial charge in [0.1, 0.15) is 0 Å². The van der Waals surface area contributed by atoms with Crippen molar-refractivity contribution in [3.63, 3.8) is 0 Å². The van der Waals surface area contributed by atoms with Gasteiger partial charge in [-0.15, -0.1) is 0 Å². The van der Waals surface area contributed by atoms with Gasteiger partial charge in [-0.2, -0.15) is 5.10 Å². The molecule has 0 atom stereocenters. The Morgan fingerprint density at radius 2 is 1.32 bits per heavy atom. The largest absolute Gasteiger partial charge is 0.276 e. The molecule has 0 fully saturated rings. The van der Waals surface area contributed by atoms with Gasteiger partial charge < -0.3 is 0 Å². The summed E-state index contributed by atoms with van der Waals surface area (Å²) in [5.74, 6) is 0. The molecule has 0 aliphatic rings. The van der Waals surface area contributed by atoms with Crippen LogP contribution in [-0.4, -0.2) is 21.7 Å². The third-order valence-electron chi connectivity index (χ3n) is 5.08. The maximum atomic E-state index is 13.0. The minimum atomic E-state index is -0.0621. The third-order valence-corrected chi connectivity index (χ3v) is 5.08. The summed E-state index contributed by atoms with van der Waals surface area (Å²) in [6.45, 7) is 2.35. The molecular weight excluding hydrogens is 346 g/mol.